The number of pyridine rings is 1. The molecule has 0 saturated carbocycles. The minimum atomic E-state index is 0.652. The first-order valence-electron chi connectivity index (χ1n) is 5.87. The molecular formula is C14H14Cl2N2. The summed E-state index contributed by atoms with van der Waals surface area (Å²) >= 11 is 12.2. The van der Waals surface area contributed by atoms with Crippen molar-refractivity contribution < 1.29 is 0 Å². The number of rotatable bonds is 4. The van der Waals surface area contributed by atoms with E-state index in [1.807, 2.05) is 24.3 Å². The van der Waals surface area contributed by atoms with Crippen LogP contribution in [0, 0.1) is 0 Å². The molecule has 1 aromatic carbocycles. The molecule has 0 aliphatic heterocycles. The molecule has 2 rings (SSSR count). The van der Waals surface area contributed by atoms with Crippen molar-refractivity contribution in [3.8, 4) is 11.3 Å². The van der Waals surface area contributed by atoms with E-state index in [0.717, 1.165) is 30.0 Å². The summed E-state index contributed by atoms with van der Waals surface area (Å²) in [5.41, 5.74) is 1.67. The van der Waals surface area contributed by atoms with E-state index in [2.05, 4.69) is 17.2 Å². The predicted molar refractivity (Wildman–Crippen MR) is 78.5 cm³/mol. The molecule has 0 amide bonds. The van der Waals surface area contributed by atoms with E-state index in [-0.39, 0.29) is 0 Å². The Labute approximate surface area is 117 Å². The summed E-state index contributed by atoms with van der Waals surface area (Å²) in [5.74, 6) is 0.852. The zero-order chi connectivity index (χ0) is 13.0. The number of nitrogens with one attached hydrogen (secondary N) is 1. The Morgan fingerprint density at radius 2 is 2.00 bits per heavy atom. The van der Waals surface area contributed by atoms with Gasteiger partial charge in [0.25, 0.3) is 0 Å². The molecule has 0 atom stereocenters. The molecule has 1 heterocycles. The summed E-state index contributed by atoms with van der Waals surface area (Å²) in [6.45, 7) is 3.02. The molecule has 94 valence electrons. The van der Waals surface area contributed by atoms with Gasteiger partial charge < -0.3 is 5.32 Å². The van der Waals surface area contributed by atoms with E-state index in [0.29, 0.717) is 10.0 Å². The second-order valence-electron chi connectivity index (χ2n) is 3.96. The minimum Gasteiger partial charge on any atom is -0.370 e. The molecule has 0 saturated heterocycles. The Bertz CT molecular complexity index is 541. The lowest BCUT2D eigenvalue weighted by Gasteiger charge is -2.08. The van der Waals surface area contributed by atoms with Gasteiger partial charge in [0.1, 0.15) is 5.82 Å². The molecule has 2 nitrogen and oxygen atoms in total. The van der Waals surface area contributed by atoms with Crippen LogP contribution >= 0.6 is 23.2 Å². The predicted octanol–water partition coefficient (Wildman–Crippen LogP) is 4.88. The van der Waals surface area contributed by atoms with E-state index < -0.39 is 0 Å². The molecule has 0 aliphatic rings. The number of hydrogen-bond donors (Lipinski definition) is 1. The average Bonchev–Trinajstić information content (AvgIpc) is 2.39. The van der Waals surface area contributed by atoms with Crippen molar-refractivity contribution in [1.82, 2.24) is 4.98 Å². The Hall–Kier alpha value is -1.25. The summed E-state index contributed by atoms with van der Waals surface area (Å²) in [4.78, 5) is 4.53. The highest BCUT2D eigenvalue weighted by Gasteiger charge is 2.06. The van der Waals surface area contributed by atoms with Crippen molar-refractivity contribution in [3.05, 3.63) is 46.4 Å². The molecule has 1 aromatic heterocycles. The lowest BCUT2D eigenvalue weighted by molar-refractivity contribution is 0.970. The highest BCUT2D eigenvalue weighted by atomic mass is 35.5. The van der Waals surface area contributed by atoms with Gasteiger partial charge >= 0.3 is 0 Å². The first kappa shape index (κ1) is 13.2. The molecule has 18 heavy (non-hydrogen) atoms. The number of nitrogens with zero attached hydrogens (tertiary/aromatic N) is 1. The number of anilines is 1. The summed E-state index contributed by atoms with van der Waals surface area (Å²) < 4.78 is 0. The van der Waals surface area contributed by atoms with Crippen LogP contribution in [0.25, 0.3) is 11.3 Å². The Morgan fingerprint density at radius 3 is 2.78 bits per heavy atom. The smallest absolute Gasteiger partial charge is 0.126 e. The maximum atomic E-state index is 6.17. The van der Waals surface area contributed by atoms with Crippen LogP contribution in [-0.2, 0) is 0 Å². The zero-order valence-electron chi connectivity index (χ0n) is 10.1. The lowest BCUT2D eigenvalue weighted by Crippen LogP contribution is -2.02. The van der Waals surface area contributed by atoms with Gasteiger partial charge in [-0.15, -0.1) is 0 Å². The van der Waals surface area contributed by atoms with Crippen molar-refractivity contribution in [2.75, 3.05) is 11.9 Å². The fourth-order valence-corrected chi connectivity index (χ4v) is 2.02. The molecule has 0 aliphatic carbocycles. The SMILES string of the molecule is CCCNc1cccc(-c2cc(Cl)ccc2Cl)n1. The molecule has 0 fully saturated rings. The first-order chi connectivity index (χ1) is 8.70. The fraction of sp³-hybridized carbons (Fsp3) is 0.214. The van der Waals surface area contributed by atoms with Crippen molar-refractivity contribution in [2.24, 2.45) is 0 Å². The third-order valence-corrected chi connectivity index (χ3v) is 3.07. The molecule has 0 bridgehead atoms. The van der Waals surface area contributed by atoms with Gasteiger partial charge in [-0.05, 0) is 36.8 Å². The average molecular weight is 281 g/mol. The molecule has 2 aromatic rings. The highest BCUT2D eigenvalue weighted by molar-refractivity contribution is 6.35. The Kier molecular flexibility index (Phi) is 4.45. The normalized spacial score (nSPS) is 10.4. The van der Waals surface area contributed by atoms with Crippen LogP contribution < -0.4 is 5.32 Å². The second-order valence-corrected chi connectivity index (χ2v) is 4.80. The van der Waals surface area contributed by atoms with Gasteiger partial charge in [0.05, 0.1) is 10.7 Å². The van der Waals surface area contributed by atoms with Crippen molar-refractivity contribution in [1.29, 1.82) is 0 Å². The Morgan fingerprint density at radius 1 is 1.17 bits per heavy atom. The zero-order valence-corrected chi connectivity index (χ0v) is 11.6. The van der Waals surface area contributed by atoms with Gasteiger partial charge in [0.2, 0.25) is 0 Å². The Balaban J connectivity index is 2.35. The van der Waals surface area contributed by atoms with Crippen LogP contribution in [-0.4, -0.2) is 11.5 Å². The lowest BCUT2D eigenvalue weighted by atomic mass is 10.1. The standard InChI is InChI=1S/C14H14Cl2N2/c1-2-8-17-14-5-3-4-13(18-14)11-9-10(15)6-7-12(11)16/h3-7,9H,2,8H2,1H3,(H,17,18). The van der Waals surface area contributed by atoms with Crippen LogP contribution in [0.3, 0.4) is 0 Å². The van der Waals surface area contributed by atoms with Gasteiger partial charge in [-0.25, -0.2) is 4.98 Å². The highest BCUT2D eigenvalue weighted by Crippen LogP contribution is 2.29. The third-order valence-electron chi connectivity index (χ3n) is 2.51. The van der Waals surface area contributed by atoms with E-state index in [9.17, 15) is 0 Å². The van der Waals surface area contributed by atoms with E-state index >= 15 is 0 Å². The number of hydrogen-bond acceptors (Lipinski definition) is 2. The van der Waals surface area contributed by atoms with Crippen molar-refractivity contribution in [3.63, 3.8) is 0 Å². The van der Waals surface area contributed by atoms with Crippen LogP contribution in [0.15, 0.2) is 36.4 Å². The van der Waals surface area contributed by atoms with E-state index in [1.165, 1.54) is 0 Å². The topological polar surface area (TPSA) is 24.9 Å². The van der Waals surface area contributed by atoms with Crippen LogP contribution in [0.1, 0.15) is 13.3 Å². The van der Waals surface area contributed by atoms with Gasteiger partial charge in [0, 0.05) is 17.1 Å². The molecular weight excluding hydrogens is 267 g/mol. The van der Waals surface area contributed by atoms with Gasteiger partial charge in [-0.1, -0.05) is 36.2 Å². The second kappa shape index (κ2) is 6.07. The summed E-state index contributed by atoms with van der Waals surface area (Å²) in [6.07, 6.45) is 1.06. The maximum absolute atomic E-state index is 6.17. The quantitative estimate of drug-likeness (QED) is 0.864. The number of benzene rings is 1. The molecule has 4 heteroatoms. The van der Waals surface area contributed by atoms with Gasteiger partial charge in [-0.2, -0.15) is 0 Å². The molecule has 0 unspecified atom stereocenters. The number of halogens is 2. The first-order valence-corrected chi connectivity index (χ1v) is 6.62. The monoisotopic (exact) mass is 280 g/mol. The van der Waals surface area contributed by atoms with E-state index in [4.69, 9.17) is 23.2 Å². The van der Waals surface area contributed by atoms with Gasteiger partial charge in [0.15, 0.2) is 0 Å². The van der Waals surface area contributed by atoms with Gasteiger partial charge in [-0.3, -0.25) is 0 Å². The number of aromatic nitrogens is 1. The fourth-order valence-electron chi connectivity index (χ4n) is 1.63. The van der Waals surface area contributed by atoms with Crippen molar-refractivity contribution in [2.45, 2.75) is 13.3 Å². The van der Waals surface area contributed by atoms with Crippen molar-refractivity contribution >= 4 is 29.0 Å². The maximum Gasteiger partial charge on any atom is 0.126 e. The molecule has 1 N–H and O–H groups in total. The largest absolute Gasteiger partial charge is 0.370 e. The minimum absolute atomic E-state index is 0.652. The molecule has 0 radical (unpaired) electrons. The van der Waals surface area contributed by atoms with Crippen LogP contribution in [0.5, 0.6) is 0 Å². The van der Waals surface area contributed by atoms with E-state index in [1.54, 1.807) is 12.1 Å². The molecule has 0 spiro atoms. The summed E-state index contributed by atoms with van der Waals surface area (Å²) in [6, 6.07) is 11.2. The van der Waals surface area contributed by atoms with Crippen LogP contribution in [0.2, 0.25) is 10.0 Å². The third kappa shape index (κ3) is 3.15. The summed E-state index contributed by atoms with van der Waals surface area (Å²) in [7, 11) is 0. The summed E-state index contributed by atoms with van der Waals surface area (Å²) in [5, 5.41) is 4.56. The van der Waals surface area contributed by atoms with Crippen LogP contribution in [0.4, 0.5) is 5.82 Å².